The molecule has 9 heteroatoms. The highest BCUT2D eigenvalue weighted by molar-refractivity contribution is 6.08. The first-order valence-corrected chi connectivity index (χ1v) is 11.4. The summed E-state index contributed by atoms with van der Waals surface area (Å²) in [7, 11) is 1.56. The average molecular weight is 482 g/mol. The lowest BCUT2D eigenvalue weighted by molar-refractivity contribution is -0.116. The molecule has 2 aromatic heterocycles. The highest BCUT2D eigenvalue weighted by Gasteiger charge is 2.24. The van der Waals surface area contributed by atoms with Crippen LogP contribution in [0.1, 0.15) is 34.2 Å². The van der Waals surface area contributed by atoms with E-state index in [4.69, 9.17) is 5.11 Å². The van der Waals surface area contributed by atoms with E-state index in [1.165, 1.54) is 12.3 Å². The second kappa shape index (κ2) is 9.10. The van der Waals surface area contributed by atoms with E-state index in [1.54, 1.807) is 25.4 Å². The molecule has 180 valence electrons. The van der Waals surface area contributed by atoms with Crippen LogP contribution in [0.2, 0.25) is 0 Å². The zero-order chi connectivity index (χ0) is 25.4. The van der Waals surface area contributed by atoms with Crippen LogP contribution in [-0.2, 0) is 4.79 Å². The van der Waals surface area contributed by atoms with Crippen LogP contribution in [-0.4, -0.2) is 45.9 Å². The van der Waals surface area contributed by atoms with E-state index in [0.29, 0.717) is 28.9 Å². The molecule has 36 heavy (non-hydrogen) atoms. The fourth-order valence-corrected chi connectivity index (χ4v) is 4.40. The number of fused-ring (bicyclic) bond motifs is 2. The van der Waals surface area contributed by atoms with Crippen molar-refractivity contribution in [3.63, 3.8) is 0 Å². The number of hydrogen-bond acceptors (Lipinski definition) is 6. The fourth-order valence-electron chi connectivity index (χ4n) is 4.40. The second-order valence-corrected chi connectivity index (χ2v) is 8.66. The van der Waals surface area contributed by atoms with Gasteiger partial charge in [0.2, 0.25) is 5.91 Å². The van der Waals surface area contributed by atoms with Crippen LogP contribution in [0, 0.1) is 0 Å². The molecule has 3 heterocycles. The number of nitrogens with one attached hydrogen (secondary N) is 3. The lowest BCUT2D eigenvalue weighted by atomic mass is 9.94. The van der Waals surface area contributed by atoms with Crippen LogP contribution >= 0.6 is 0 Å². The molecule has 9 nitrogen and oxygen atoms in total. The van der Waals surface area contributed by atoms with Gasteiger partial charge in [0, 0.05) is 54.0 Å². The van der Waals surface area contributed by atoms with Crippen molar-refractivity contribution in [1.82, 2.24) is 15.3 Å². The minimum absolute atomic E-state index is 0.0349. The predicted octanol–water partition coefficient (Wildman–Crippen LogP) is 4.16. The standard InChI is InChI=1S/C27H23N5O4/c1-14-8-24(33)32-23-11-17(26(34)28-2)9-19(25(23)31-14)18-5-3-4-15-10-22(30-13-20(15)18)16-6-7-21(27(35)36)29-12-16/h3-7,9-14,31H,8H2,1-2H3,(H,28,34)(H,32,33)(H,35,36)/t14-/m1/s1. The Balaban J connectivity index is 1.67. The maximum atomic E-state index is 12.5. The number of benzene rings is 2. The Morgan fingerprint density at radius 3 is 2.61 bits per heavy atom. The van der Waals surface area contributed by atoms with Crippen LogP contribution in [0.3, 0.4) is 0 Å². The number of carbonyl (C=O) groups is 3. The van der Waals surface area contributed by atoms with E-state index in [0.717, 1.165) is 27.6 Å². The molecule has 1 aliphatic rings. The van der Waals surface area contributed by atoms with Gasteiger partial charge in [-0.15, -0.1) is 0 Å². The molecule has 0 bridgehead atoms. The van der Waals surface area contributed by atoms with E-state index in [9.17, 15) is 14.4 Å². The van der Waals surface area contributed by atoms with Crippen LogP contribution in [0.25, 0.3) is 33.2 Å². The SMILES string of the molecule is CNC(=O)c1cc2c(c(-c3cccc4cc(-c5ccc(C(=O)O)nc5)ncc34)c1)N[C@H](C)CC(=O)N2. The third-order valence-corrected chi connectivity index (χ3v) is 6.12. The Labute approximate surface area is 206 Å². The van der Waals surface area contributed by atoms with Gasteiger partial charge in [0.25, 0.3) is 5.91 Å². The van der Waals surface area contributed by atoms with E-state index >= 15 is 0 Å². The van der Waals surface area contributed by atoms with Crippen molar-refractivity contribution < 1.29 is 19.5 Å². The molecule has 2 amide bonds. The predicted molar refractivity (Wildman–Crippen MR) is 137 cm³/mol. The number of pyridine rings is 2. The average Bonchev–Trinajstić information content (AvgIpc) is 3.03. The molecule has 4 N–H and O–H groups in total. The van der Waals surface area contributed by atoms with Gasteiger partial charge in [0.1, 0.15) is 5.69 Å². The molecule has 2 aromatic carbocycles. The third-order valence-electron chi connectivity index (χ3n) is 6.12. The van der Waals surface area contributed by atoms with E-state index in [-0.39, 0.29) is 23.6 Å². The van der Waals surface area contributed by atoms with E-state index in [1.807, 2.05) is 37.3 Å². The number of amides is 2. The van der Waals surface area contributed by atoms with Crippen LogP contribution in [0.15, 0.2) is 60.9 Å². The molecular formula is C27H23N5O4. The number of aromatic carboxylic acids is 1. The summed E-state index contributed by atoms with van der Waals surface area (Å²) in [5, 5.41) is 19.9. The Kier molecular flexibility index (Phi) is 5.81. The Bertz CT molecular complexity index is 1530. The third kappa shape index (κ3) is 4.22. The van der Waals surface area contributed by atoms with Gasteiger partial charge in [-0.2, -0.15) is 0 Å². The van der Waals surface area contributed by atoms with Crippen molar-refractivity contribution in [2.24, 2.45) is 0 Å². The minimum atomic E-state index is -1.09. The lowest BCUT2D eigenvalue weighted by Crippen LogP contribution is -2.19. The molecule has 0 saturated heterocycles. The Hall–Kier alpha value is -4.79. The molecule has 1 atom stereocenters. The van der Waals surface area contributed by atoms with Crippen molar-refractivity contribution in [3.8, 4) is 22.4 Å². The van der Waals surface area contributed by atoms with Gasteiger partial charge in [-0.3, -0.25) is 14.6 Å². The maximum Gasteiger partial charge on any atom is 0.354 e. The summed E-state index contributed by atoms with van der Waals surface area (Å²) in [5.41, 5.74) is 4.65. The summed E-state index contributed by atoms with van der Waals surface area (Å²) in [6.07, 6.45) is 3.55. The van der Waals surface area contributed by atoms with Crippen LogP contribution in [0.4, 0.5) is 11.4 Å². The molecule has 0 radical (unpaired) electrons. The minimum Gasteiger partial charge on any atom is -0.477 e. The Morgan fingerprint density at radius 2 is 1.89 bits per heavy atom. The number of anilines is 2. The molecule has 4 aromatic rings. The maximum absolute atomic E-state index is 12.5. The lowest BCUT2D eigenvalue weighted by Gasteiger charge is -2.19. The Morgan fingerprint density at radius 1 is 1.06 bits per heavy atom. The van der Waals surface area contributed by atoms with E-state index < -0.39 is 5.97 Å². The quantitative estimate of drug-likeness (QED) is 0.344. The van der Waals surface area contributed by atoms with Gasteiger partial charge >= 0.3 is 5.97 Å². The van der Waals surface area contributed by atoms with Crippen molar-refractivity contribution in [1.29, 1.82) is 0 Å². The highest BCUT2D eigenvalue weighted by Crippen LogP contribution is 2.41. The molecule has 0 aliphatic carbocycles. The van der Waals surface area contributed by atoms with Crippen molar-refractivity contribution in [3.05, 3.63) is 72.2 Å². The molecule has 5 rings (SSSR count). The smallest absolute Gasteiger partial charge is 0.354 e. The first kappa shape index (κ1) is 23.0. The number of carbonyl (C=O) groups excluding carboxylic acids is 2. The van der Waals surface area contributed by atoms with Gasteiger partial charge < -0.3 is 21.1 Å². The van der Waals surface area contributed by atoms with Gasteiger partial charge in [-0.1, -0.05) is 18.2 Å². The van der Waals surface area contributed by atoms with Gasteiger partial charge in [0.05, 0.1) is 17.1 Å². The summed E-state index contributed by atoms with van der Waals surface area (Å²) in [5.74, 6) is -1.47. The summed E-state index contributed by atoms with van der Waals surface area (Å²) in [4.78, 5) is 44.7. The monoisotopic (exact) mass is 481 g/mol. The normalized spacial score (nSPS) is 14.8. The summed E-state index contributed by atoms with van der Waals surface area (Å²) >= 11 is 0. The summed E-state index contributed by atoms with van der Waals surface area (Å²) in [6.45, 7) is 1.94. The fraction of sp³-hybridized carbons (Fsp3) is 0.148. The largest absolute Gasteiger partial charge is 0.477 e. The zero-order valence-electron chi connectivity index (χ0n) is 19.6. The molecule has 0 unspecified atom stereocenters. The van der Waals surface area contributed by atoms with Gasteiger partial charge in [-0.25, -0.2) is 9.78 Å². The molecule has 0 saturated carbocycles. The van der Waals surface area contributed by atoms with Crippen molar-refractivity contribution >= 4 is 39.9 Å². The van der Waals surface area contributed by atoms with Crippen molar-refractivity contribution in [2.75, 3.05) is 17.7 Å². The molecule has 0 fully saturated rings. The molecule has 1 aliphatic heterocycles. The van der Waals surface area contributed by atoms with Gasteiger partial charge in [0.15, 0.2) is 0 Å². The number of carboxylic acids is 1. The molecule has 0 spiro atoms. The van der Waals surface area contributed by atoms with E-state index in [2.05, 4.69) is 25.9 Å². The van der Waals surface area contributed by atoms with Gasteiger partial charge in [-0.05, 0) is 48.2 Å². The zero-order valence-corrected chi connectivity index (χ0v) is 19.6. The number of aromatic nitrogens is 2. The molecular weight excluding hydrogens is 458 g/mol. The number of rotatable bonds is 4. The summed E-state index contributed by atoms with van der Waals surface area (Å²) < 4.78 is 0. The second-order valence-electron chi connectivity index (χ2n) is 8.66. The number of nitrogens with zero attached hydrogens (tertiary/aromatic N) is 2. The highest BCUT2D eigenvalue weighted by atomic mass is 16.4. The first-order valence-electron chi connectivity index (χ1n) is 11.4. The number of carboxylic acid groups (broad SMARTS) is 1. The van der Waals surface area contributed by atoms with Crippen LogP contribution < -0.4 is 16.0 Å². The number of hydrogen-bond donors (Lipinski definition) is 4. The van der Waals surface area contributed by atoms with Crippen molar-refractivity contribution in [2.45, 2.75) is 19.4 Å². The topological polar surface area (TPSA) is 133 Å². The summed E-state index contributed by atoms with van der Waals surface area (Å²) in [6, 6.07) is 14.3. The first-order chi connectivity index (χ1) is 17.3. The van der Waals surface area contributed by atoms with Crippen LogP contribution in [0.5, 0.6) is 0 Å².